The van der Waals surface area contributed by atoms with Crippen LogP contribution in [-0.2, 0) is 6.42 Å². The summed E-state index contributed by atoms with van der Waals surface area (Å²) in [5, 5.41) is 7.92. The Morgan fingerprint density at radius 3 is 3.22 bits per heavy atom. The van der Waals surface area contributed by atoms with Crippen LogP contribution in [0.4, 0.5) is 0 Å². The van der Waals surface area contributed by atoms with Crippen molar-refractivity contribution >= 4 is 11.9 Å². The lowest BCUT2D eigenvalue weighted by atomic mass is 10.0. The standard InChI is InChI=1S/C13H16N4O/c18-9-10-4-6-17-13(7-10)15-12(16-17)8-11-3-1-2-5-14-11/h4,6-7,9,11,14H,1-3,5,8H2. The SMILES string of the molecule is O=Cc1ccn2nc(CC3CCCCN3)nc2c1. The summed E-state index contributed by atoms with van der Waals surface area (Å²) in [6, 6.07) is 4.00. The molecule has 3 rings (SSSR count). The average Bonchev–Trinajstić information content (AvgIpc) is 2.80. The molecule has 0 aromatic carbocycles. The Bertz CT molecular complexity index is 557. The highest BCUT2D eigenvalue weighted by Gasteiger charge is 2.15. The molecule has 1 unspecified atom stereocenters. The second-order valence-electron chi connectivity index (χ2n) is 4.76. The van der Waals surface area contributed by atoms with Crippen LogP contribution >= 0.6 is 0 Å². The van der Waals surface area contributed by atoms with Crippen molar-refractivity contribution in [3.8, 4) is 0 Å². The Kier molecular flexibility index (Phi) is 3.06. The van der Waals surface area contributed by atoms with Gasteiger partial charge in [-0.05, 0) is 31.5 Å². The van der Waals surface area contributed by atoms with Crippen LogP contribution < -0.4 is 5.32 Å². The highest BCUT2D eigenvalue weighted by Crippen LogP contribution is 2.12. The van der Waals surface area contributed by atoms with E-state index in [1.807, 2.05) is 0 Å². The molecule has 1 fully saturated rings. The quantitative estimate of drug-likeness (QED) is 0.825. The topological polar surface area (TPSA) is 59.3 Å². The van der Waals surface area contributed by atoms with Crippen molar-refractivity contribution in [3.63, 3.8) is 0 Å². The van der Waals surface area contributed by atoms with E-state index in [1.165, 1.54) is 19.3 Å². The summed E-state index contributed by atoms with van der Waals surface area (Å²) in [5.41, 5.74) is 1.38. The van der Waals surface area contributed by atoms with Crippen LogP contribution in [0.3, 0.4) is 0 Å². The van der Waals surface area contributed by atoms with Crippen LogP contribution in [0.1, 0.15) is 35.4 Å². The number of aldehydes is 1. The number of carbonyl (C=O) groups is 1. The molecule has 0 saturated carbocycles. The number of rotatable bonds is 3. The Morgan fingerprint density at radius 1 is 1.50 bits per heavy atom. The van der Waals surface area contributed by atoms with Crippen LogP contribution in [0.5, 0.6) is 0 Å². The predicted molar refractivity (Wildman–Crippen MR) is 67.7 cm³/mol. The zero-order valence-electron chi connectivity index (χ0n) is 10.2. The number of aromatic nitrogens is 3. The summed E-state index contributed by atoms with van der Waals surface area (Å²) in [6.07, 6.45) is 7.20. The van der Waals surface area contributed by atoms with Gasteiger partial charge < -0.3 is 5.32 Å². The van der Waals surface area contributed by atoms with Gasteiger partial charge in [-0.15, -0.1) is 0 Å². The van der Waals surface area contributed by atoms with E-state index < -0.39 is 0 Å². The lowest BCUT2D eigenvalue weighted by Gasteiger charge is -2.21. The van der Waals surface area contributed by atoms with E-state index in [9.17, 15) is 4.79 Å². The second-order valence-corrected chi connectivity index (χ2v) is 4.76. The molecule has 94 valence electrons. The van der Waals surface area contributed by atoms with Crippen molar-refractivity contribution in [3.05, 3.63) is 29.7 Å². The van der Waals surface area contributed by atoms with Crippen molar-refractivity contribution < 1.29 is 4.79 Å². The molecular formula is C13H16N4O. The monoisotopic (exact) mass is 244 g/mol. The number of nitrogens with one attached hydrogen (secondary N) is 1. The van der Waals surface area contributed by atoms with Crippen LogP contribution in [0.2, 0.25) is 0 Å². The number of carbonyl (C=O) groups excluding carboxylic acids is 1. The van der Waals surface area contributed by atoms with E-state index in [2.05, 4.69) is 15.4 Å². The highest BCUT2D eigenvalue weighted by molar-refractivity contribution is 5.76. The second kappa shape index (κ2) is 4.86. The molecule has 0 amide bonds. The first-order valence-corrected chi connectivity index (χ1v) is 6.39. The Labute approximate surface area is 105 Å². The molecule has 1 aliphatic rings. The molecule has 3 heterocycles. The number of hydrogen-bond donors (Lipinski definition) is 1. The molecule has 1 N–H and O–H groups in total. The fraction of sp³-hybridized carbons (Fsp3) is 0.462. The van der Waals surface area contributed by atoms with Gasteiger partial charge in [-0.2, -0.15) is 5.10 Å². The summed E-state index contributed by atoms with van der Waals surface area (Å²) >= 11 is 0. The van der Waals surface area contributed by atoms with Crippen molar-refractivity contribution in [1.29, 1.82) is 0 Å². The molecule has 2 aromatic heterocycles. The van der Waals surface area contributed by atoms with E-state index in [0.29, 0.717) is 11.6 Å². The summed E-state index contributed by atoms with van der Waals surface area (Å²) in [7, 11) is 0. The maximum Gasteiger partial charge on any atom is 0.156 e. The third kappa shape index (κ3) is 2.26. The number of fused-ring (bicyclic) bond motifs is 1. The predicted octanol–water partition coefficient (Wildman–Crippen LogP) is 1.23. The number of pyridine rings is 1. The molecule has 5 nitrogen and oxygen atoms in total. The summed E-state index contributed by atoms with van der Waals surface area (Å²) in [6.45, 7) is 1.09. The smallest absolute Gasteiger partial charge is 0.156 e. The molecule has 1 saturated heterocycles. The van der Waals surface area contributed by atoms with Gasteiger partial charge in [0.25, 0.3) is 0 Å². The Balaban J connectivity index is 1.81. The van der Waals surface area contributed by atoms with Gasteiger partial charge in [0, 0.05) is 24.2 Å². The van der Waals surface area contributed by atoms with Crippen LogP contribution in [0.25, 0.3) is 5.65 Å². The average molecular weight is 244 g/mol. The van der Waals surface area contributed by atoms with E-state index in [1.54, 1.807) is 22.8 Å². The molecule has 0 bridgehead atoms. The highest BCUT2D eigenvalue weighted by atomic mass is 16.1. The first-order valence-electron chi connectivity index (χ1n) is 6.39. The van der Waals surface area contributed by atoms with Gasteiger partial charge >= 0.3 is 0 Å². The number of hydrogen-bond acceptors (Lipinski definition) is 4. The van der Waals surface area contributed by atoms with E-state index in [-0.39, 0.29) is 0 Å². The first-order chi connectivity index (χ1) is 8.85. The largest absolute Gasteiger partial charge is 0.314 e. The lowest BCUT2D eigenvalue weighted by molar-refractivity contribution is 0.112. The van der Waals surface area contributed by atoms with Gasteiger partial charge in [-0.3, -0.25) is 4.79 Å². The molecule has 18 heavy (non-hydrogen) atoms. The summed E-state index contributed by atoms with van der Waals surface area (Å²) in [4.78, 5) is 15.2. The zero-order valence-corrected chi connectivity index (χ0v) is 10.2. The Morgan fingerprint density at radius 2 is 2.44 bits per heavy atom. The molecule has 0 spiro atoms. The fourth-order valence-electron chi connectivity index (χ4n) is 2.42. The Hall–Kier alpha value is -1.75. The van der Waals surface area contributed by atoms with Crippen molar-refractivity contribution in [2.45, 2.75) is 31.7 Å². The minimum Gasteiger partial charge on any atom is -0.314 e. The molecule has 1 atom stereocenters. The minimum atomic E-state index is 0.488. The fourth-order valence-corrected chi connectivity index (χ4v) is 2.42. The molecule has 0 radical (unpaired) electrons. The molecular weight excluding hydrogens is 228 g/mol. The third-order valence-corrected chi connectivity index (χ3v) is 3.38. The van der Waals surface area contributed by atoms with Gasteiger partial charge in [0.2, 0.25) is 0 Å². The summed E-state index contributed by atoms with van der Waals surface area (Å²) in [5.74, 6) is 0.845. The van der Waals surface area contributed by atoms with Gasteiger partial charge in [-0.25, -0.2) is 9.50 Å². The van der Waals surface area contributed by atoms with E-state index >= 15 is 0 Å². The zero-order chi connectivity index (χ0) is 12.4. The van der Waals surface area contributed by atoms with Crippen molar-refractivity contribution in [1.82, 2.24) is 19.9 Å². The first kappa shape index (κ1) is 11.3. The number of nitrogens with zero attached hydrogens (tertiary/aromatic N) is 3. The molecule has 0 aliphatic carbocycles. The molecule has 2 aromatic rings. The van der Waals surface area contributed by atoms with Crippen LogP contribution in [0.15, 0.2) is 18.3 Å². The minimum absolute atomic E-state index is 0.488. The van der Waals surface area contributed by atoms with Crippen LogP contribution in [0, 0.1) is 0 Å². The summed E-state index contributed by atoms with van der Waals surface area (Å²) < 4.78 is 1.73. The number of piperidine rings is 1. The van der Waals surface area contributed by atoms with Crippen LogP contribution in [-0.4, -0.2) is 33.5 Å². The van der Waals surface area contributed by atoms with Gasteiger partial charge in [0.1, 0.15) is 6.29 Å². The lowest BCUT2D eigenvalue weighted by Crippen LogP contribution is -2.35. The normalized spacial score (nSPS) is 20.1. The van der Waals surface area contributed by atoms with Crippen molar-refractivity contribution in [2.24, 2.45) is 0 Å². The maximum atomic E-state index is 10.7. The van der Waals surface area contributed by atoms with E-state index in [4.69, 9.17) is 0 Å². The van der Waals surface area contributed by atoms with Crippen molar-refractivity contribution in [2.75, 3.05) is 6.54 Å². The van der Waals surface area contributed by atoms with E-state index in [0.717, 1.165) is 30.7 Å². The third-order valence-electron chi connectivity index (χ3n) is 3.38. The maximum absolute atomic E-state index is 10.7. The molecule has 5 heteroatoms. The van der Waals surface area contributed by atoms with Gasteiger partial charge in [-0.1, -0.05) is 6.42 Å². The van der Waals surface area contributed by atoms with Gasteiger partial charge in [0.15, 0.2) is 11.5 Å². The van der Waals surface area contributed by atoms with Gasteiger partial charge in [0.05, 0.1) is 0 Å². The molecule has 1 aliphatic heterocycles.